The first-order chi connectivity index (χ1) is 11.9. The topological polar surface area (TPSA) is 17.1 Å². The summed E-state index contributed by atoms with van der Waals surface area (Å²) in [7, 11) is 0. The molecule has 0 saturated heterocycles. The Hall–Kier alpha value is -1.89. The molecule has 0 atom stereocenters. The predicted octanol–water partition coefficient (Wildman–Crippen LogP) is 6.55. The van der Waals surface area contributed by atoms with Gasteiger partial charge in [-0.3, -0.25) is 4.79 Å². The molecule has 0 amide bonds. The SMILES string of the molecule is CCCCCCc1ccc(CC(C)=O)c(C)c1.Cc1ccc(C)cc1. The highest BCUT2D eigenvalue weighted by Crippen LogP contribution is 2.15. The summed E-state index contributed by atoms with van der Waals surface area (Å²) in [6, 6.07) is 15.0. The maximum Gasteiger partial charge on any atom is 0.134 e. The maximum absolute atomic E-state index is 11.1. The van der Waals surface area contributed by atoms with Crippen LogP contribution in [0.2, 0.25) is 0 Å². The van der Waals surface area contributed by atoms with Crippen LogP contribution in [0.25, 0.3) is 0 Å². The summed E-state index contributed by atoms with van der Waals surface area (Å²) in [5.74, 6) is 0.240. The van der Waals surface area contributed by atoms with Gasteiger partial charge in [-0.15, -0.1) is 0 Å². The second-order valence-electron chi connectivity index (χ2n) is 7.10. The minimum Gasteiger partial charge on any atom is -0.300 e. The van der Waals surface area contributed by atoms with Crippen molar-refractivity contribution < 1.29 is 4.79 Å². The van der Waals surface area contributed by atoms with Crippen molar-refractivity contribution in [3.8, 4) is 0 Å². The van der Waals surface area contributed by atoms with Crippen LogP contribution in [0.4, 0.5) is 0 Å². The Morgan fingerprint density at radius 3 is 1.92 bits per heavy atom. The second-order valence-corrected chi connectivity index (χ2v) is 7.10. The van der Waals surface area contributed by atoms with Crippen molar-refractivity contribution >= 4 is 5.78 Å². The summed E-state index contributed by atoms with van der Waals surface area (Å²) in [6.07, 6.45) is 6.96. The molecule has 0 fully saturated rings. The summed E-state index contributed by atoms with van der Waals surface area (Å²) < 4.78 is 0. The van der Waals surface area contributed by atoms with E-state index >= 15 is 0 Å². The fourth-order valence-corrected chi connectivity index (χ4v) is 2.77. The van der Waals surface area contributed by atoms with Crippen LogP contribution in [-0.2, 0) is 17.6 Å². The Morgan fingerprint density at radius 1 is 0.840 bits per heavy atom. The standard InChI is InChI=1S/C16H24O.C8H10/c1-4-5-6-7-8-15-9-10-16(12-14(3)17)13(2)11-15;1-7-3-5-8(2)6-4-7/h9-11H,4-8,12H2,1-3H3;3-6H,1-2H3. The van der Waals surface area contributed by atoms with Gasteiger partial charge in [-0.25, -0.2) is 0 Å². The molecule has 2 rings (SSSR count). The van der Waals surface area contributed by atoms with Crippen molar-refractivity contribution in [3.63, 3.8) is 0 Å². The Balaban J connectivity index is 0.000000324. The number of benzene rings is 2. The lowest BCUT2D eigenvalue weighted by atomic mass is 9.98. The molecule has 0 unspecified atom stereocenters. The van der Waals surface area contributed by atoms with E-state index in [4.69, 9.17) is 0 Å². The van der Waals surface area contributed by atoms with E-state index < -0.39 is 0 Å². The fraction of sp³-hybridized carbons (Fsp3) is 0.458. The summed E-state index contributed by atoms with van der Waals surface area (Å²) in [5.41, 5.74) is 6.50. The third-order valence-electron chi connectivity index (χ3n) is 4.38. The van der Waals surface area contributed by atoms with Crippen molar-refractivity contribution in [2.24, 2.45) is 0 Å². The van der Waals surface area contributed by atoms with Gasteiger partial charge >= 0.3 is 0 Å². The molecule has 1 nitrogen and oxygen atoms in total. The molecule has 0 saturated carbocycles. The van der Waals surface area contributed by atoms with Crippen molar-refractivity contribution in [2.75, 3.05) is 0 Å². The smallest absolute Gasteiger partial charge is 0.134 e. The first-order valence-electron chi connectivity index (χ1n) is 9.53. The third kappa shape index (κ3) is 9.24. The molecule has 0 aliphatic heterocycles. The van der Waals surface area contributed by atoms with Crippen LogP contribution in [-0.4, -0.2) is 5.78 Å². The van der Waals surface area contributed by atoms with E-state index in [0.29, 0.717) is 6.42 Å². The van der Waals surface area contributed by atoms with Crippen LogP contribution in [0.3, 0.4) is 0 Å². The summed E-state index contributed by atoms with van der Waals surface area (Å²) in [5, 5.41) is 0. The zero-order chi connectivity index (χ0) is 18.7. The number of rotatable bonds is 7. The molecule has 2 aromatic carbocycles. The molecule has 0 radical (unpaired) electrons. The van der Waals surface area contributed by atoms with E-state index in [1.807, 2.05) is 0 Å². The average Bonchev–Trinajstić information content (AvgIpc) is 2.57. The van der Waals surface area contributed by atoms with E-state index in [2.05, 4.69) is 70.2 Å². The van der Waals surface area contributed by atoms with Gasteiger partial charge in [0.2, 0.25) is 0 Å². The quantitative estimate of drug-likeness (QED) is 0.523. The van der Waals surface area contributed by atoms with Gasteiger partial charge in [0, 0.05) is 6.42 Å². The van der Waals surface area contributed by atoms with Gasteiger partial charge in [0.15, 0.2) is 0 Å². The van der Waals surface area contributed by atoms with E-state index in [9.17, 15) is 4.79 Å². The van der Waals surface area contributed by atoms with Crippen LogP contribution < -0.4 is 0 Å². The van der Waals surface area contributed by atoms with Crippen LogP contribution in [0.1, 0.15) is 67.3 Å². The van der Waals surface area contributed by atoms with Crippen molar-refractivity contribution in [3.05, 3.63) is 70.3 Å². The van der Waals surface area contributed by atoms with E-state index in [1.165, 1.54) is 59.9 Å². The monoisotopic (exact) mass is 338 g/mol. The highest BCUT2D eigenvalue weighted by molar-refractivity contribution is 5.78. The molecule has 0 aliphatic rings. The number of Topliss-reactive ketones (excluding diaryl/α,β-unsaturated/α-hetero) is 1. The minimum atomic E-state index is 0.240. The highest BCUT2D eigenvalue weighted by atomic mass is 16.1. The molecular weight excluding hydrogens is 304 g/mol. The Labute approximate surface area is 154 Å². The highest BCUT2D eigenvalue weighted by Gasteiger charge is 2.03. The van der Waals surface area contributed by atoms with Gasteiger partial charge in [-0.1, -0.05) is 79.8 Å². The number of hydrogen-bond donors (Lipinski definition) is 0. The lowest BCUT2D eigenvalue weighted by Gasteiger charge is -2.07. The summed E-state index contributed by atoms with van der Waals surface area (Å²) >= 11 is 0. The minimum absolute atomic E-state index is 0.240. The molecule has 136 valence electrons. The van der Waals surface area contributed by atoms with E-state index in [-0.39, 0.29) is 5.78 Å². The number of unbranched alkanes of at least 4 members (excludes halogenated alkanes) is 3. The first-order valence-corrected chi connectivity index (χ1v) is 9.53. The number of carbonyl (C=O) groups is 1. The molecule has 0 spiro atoms. The molecule has 25 heavy (non-hydrogen) atoms. The number of aryl methyl sites for hydroxylation is 4. The lowest BCUT2D eigenvalue weighted by molar-refractivity contribution is -0.116. The van der Waals surface area contributed by atoms with Crippen LogP contribution >= 0.6 is 0 Å². The largest absolute Gasteiger partial charge is 0.300 e. The molecule has 0 N–H and O–H groups in total. The second kappa shape index (κ2) is 11.6. The fourth-order valence-electron chi connectivity index (χ4n) is 2.77. The number of ketones is 1. The zero-order valence-corrected chi connectivity index (χ0v) is 16.7. The zero-order valence-electron chi connectivity index (χ0n) is 16.7. The molecule has 0 aliphatic carbocycles. The van der Waals surface area contributed by atoms with E-state index in [1.54, 1.807) is 6.92 Å². The Morgan fingerprint density at radius 2 is 1.44 bits per heavy atom. The predicted molar refractivity (Wildman–Crippen MR) is 109 cm³/mol. The number of carbonyl (C=O) groups excluding carboxylic acids is 1. The van der Waals surface area contributed by atoms with Crippen LogP contribution in [0.15, 0.2) is 42.5 Å². The average molecular weight is 339 g/mol. The van der Waals surface area contributed by atoms with Crippen molar-refractivity contribution in [1.29, 1.82) is 0 Å². The van der Waals surface area contributed by atoms with Gasteiger partial charge in [0.05, 0.1) is 0 Å². The van der Waals surface area contributed by atoms with Gasteiger partial charge in [0.25, 0.3) is 0 Å². The molecular formula is C24H34O. The Bertz CT molecular complexity index is 617. The molecule has 1 heteroatoms. The van der Waals surface area contributed by atoms with Crippen LogP contribution in [0, 0.1) is 20.8 Å². The maximum atomic E-state index is 11.1. The van der Waals surface area contributed by atoms with Crippen LogP contribution in [0.5, 0.6) is 0 Å². The Kier molecular flexibility index (Phi) is 9.84. The van der Waals surface area contributed by atoms with Gasteiger partial charge in [-0.05, 0) is 57.2 Å². The first kappa shape index (κ1) is 21.2. The summed E-state index contributed by atoms with van der Waals surface area (Å²) in [4.78, 5) is 11.1. The van der Waals surface area contributed by atoms with Gasteiger partial charge in [0.1, 0.15) is 5.78 Å². The third-order valence-corrected chi connectivity index (χ3v) is 4.38. The lowest BCUT2D eigenvalue weighted by Crippen LogP contribution is -1.99. The van der Waals surface area contributed by atoms with Crippen molar-refractivity contribution in [1.82, 2.24) is 0 Å². The molecule has 0 bridgehead atoms. The number of hydrogen-bond acceptors (Lipinski definition) is 1. The normalized spacial score (nSPS) is 10.1. The molecule has 0 heterocycles. The van der Waals surface area contributed by atoms with Gasteiger partial charge < -0.3 is 0 Å². The summed E-state index contributed by atoms with van der Waals surface area (Å²) in [6.45, 7) is 10.2. The van der Waals surface area contributed by atoms with Crippen molar-refractivity contribution in [2.45, 2.75) is 73.1 Å². The van der Waals surface area contributed by atoms with Gasteiger partial charge in [-0.2, -0.15) is 0 Å². The van der Waals surface area contributed by atoms with E-state index in [0.717, 1.165) is 0 Å². The molecule has 0 aromatic heterocycles. The molecule has 2 aromatic rings.